The maximum absolute atomic E-state index is 13.1. The van der Waals surface area contributed by atoms with Crippen LogP contribution in [0, 0.1) is 11.8 Å². The van der Waals surface area contributed by atoms with Crippen LogP contribution >= 0.6 is 0 Å². The predicted octanol–water partition coefficient (Wildman–Crippen LogP) is 4.70. The van der Waals surface area contributed by atoms with Gasteiger partial charge in [0, 0.05) is 12.0 Å². The van der Waals surface area contributed by atoms with E-state index >= 15 is 0 Å². The summed E-state index contributed by atoms with van der Waals surface area (Å²) in [6.45, 7) is 4.05. The molecule has 0 saturated heterocycles. The van der Waals surface area contributed by atoms with Gasteiger partial charge in [-0.2, -0.15) is 0 Å². The number of amides is 2. The van der Waals surface area contributed by atoms with Crippen LogP contribution in [-0.4, -0.2) is 41.8 Å². The number of carboxylic acid groups (broad SMARTS) is 1. The standard InChI is InChI=1S/C28H34N2O5/c1-3-17(2)25(26(31)29-19-10-8-9-18(15-19)27(32)33)30-28(34)35-16-24-22-13-6-4-11-20(22)21-12-5-7-14-23(21)24/h4-7,11-14,17-19,24-25H,3,8-10,15-16H2,1-2H3,(H,29,31)(H,30,34)(H,32,33)/t17-,18+,19+,25-/m0/s1. The highest BCUT2D eigenvalue weighted by molar-refractivity contribution is 5.86. The minimum absolute atomic E-state index is 0.0563. The van der Waals surface area contributed by atoms with Gasteiger partial charge in [-0.15, -0.1) is 0 Å². The average Bonchev–Trinajstić information content (AvgIpc) is 3.19. The van der Waals surface area contributed by atoms with Crippen molar-refractivity contribution < 1.29 is 24.2 Å². The van der Waals surface area contributed by atoms with Crippen LogP contribution in [0.15, 0.2) is 48.5 Å². The summed E-state index contributed by atoms with van der Waals surface area (Å²) in [4.78, 5) is 37.3. The molecule has 2 aromatic carbocycles. The van der Waals surface area contributed by atoms with E-state index in [1.54, 1.807) is 0 Å². The van der Waals surface area contributed by atoms with E-state index in [0.717, 1.165) is 35.1 Å². The monoisotopic (exact) mass is 478 g/mol. The summed E-state index contributed by atoms with van der Waals surface area (Å²) in [5.41, 5.74) is 4.56. The van der Waals surface area contributed by atoms with Crippen LogP contribution in [-0.2, 0) is 14.3 Å². The van der Waals surface area contributed by atoms with E-state index in [-0.39, 0.29) is 30.4 Å². The van der Waals surface area contributed by atoms with Crippen LogP contribution in [0.1, 0.15) is 63.0 Å². The van der Waals surface area contributed by atoms with E-state index < -0.39 is 24.0 Å². The Bertz CT molecular complexity index is 1040. The molecule has 0 aromatic heterocycles. The van der Waals surface area contributed by atoms with Crippen molar-refractivity contribution in [3.63, 3.8) is 0 Å². The van der Waals surface area contributed by atoms with Gasteiger partial charge in [-0.05, 0) is 47.4 Å². The van der Waals surface area contributed by atoms with E-state index in [0.29, 0.717) is 19.3 Å². The Morgan fingerprint density at radius 1 is 1.03 bits per heavy atom. The molecule has 4 rings (SSSR count). The lowest BCUT2D eigenvalue weighted by Crippen LogP contribution is -2.53. The van der Waals surface area contributed by atoms with Crippen molar-refractivity contribution >= 4 is 18.0 Å². The van der Waals surface area contributed by atoms with Crippen molar-refractivity contribution in [3.05, 3.63) is 59.7 Å². The van der Waals surface area contributed by atoms with Crippen molar-refractivity contribution in [1.82, 2.24) is 10.6 Å². The third-order valence-electron chi connectivity index (χ3n) is 7.48. The fraction of sp³-hybridized carbons (Fsp3) is 0.464. The molecule has 2 amide bonds. The highest BCUT2D eigenvalue weighted by atomic mass is 16.5. The quantitative estimate of drug-likeness (QED) is 0.510. The number of alkyl carbamates (subject to hydrolysis) is 1. The number of carbonyl (C=O) groups excluding carboxylic acids is 2. The smallest absolute Gasteiger partial charge is 0.407 e. The highest BCUT2D eigenvalue weighted by Crippen LogP contribution is 2.44. The lowest BCUT2D eigenvalue weighted by atomic mass is 9.85. The van der Waals surface area contributed by atoms with Gasteiger partial charge >= 0.3 is 12.1 Å². The molecule has 2 aromatic rings. The minimum Gasteiger partial charge on any atom is -0.481 e. The molecule has 0 spiro atoms. The second-order valence-electron chi connectivity index (χ2n) is 9.74. The molecule has 0 bridgehead atoms. The van der Waals surface area contributed by atoms with E-state index in [9.17, 15) is 19.5 Å². The molecule has 186 valence electrons. The fourth-order valence-corrected chi connectivity index (χ4v) is 5.31. The Morgan fingerprint density at radius 3 is 2.26 bits per heavy atom. The molecule has 3 N–H and O–H groups in total. The number of hydrogen-bond donors (Lipinski definition) is 3. The number of hydrogen-bond acceptors (Lipinski definition) is 4. The molecule has 1 saturated carbocycles. The average molecular weight is 479 g/mol. The van der Waals surface area contributed by atoms with E-state index in [1.807, 2.05) is 38.1 Å². The lowest BCUT2D eigenvalue weighted by molar-refractivity contribution is -0.143. The zero-order valence-corrected chi connectivity index (χ0v) is 20.3. The first-order valence-corrected chi connectivity index (χ1v) is 12.5. The predicted molar refractivity (Wildman–Crippen MR) is 133 cm³/mol. The Kier molecular flexibility index (Phi) is 7.73. The number of fused-ring (bicyclic) bond motifs is 3. The van der Waals surface area contributed by atoms with E-state index in [4.69, 9.17) is 4.74 Å². The van der Waals surface area contributed by atoms with Gasteiger partial charge in [0.05, 0.1) is 5.92 Å². The normalized spacial score (nSPS) is 20.7. The number of carboxylic acids is 1. The molecule has 0 unspecified atom stereocenters. The molecular formula is C28H34N2O5. The van der Waals surface area contributed by atoms with Crippen LogP contribution in [0.25, 0.3) is 11.1 Å². The summed E-state index contributed by atoms with van der Waals surface area (Å²) in [5.74, 6) is -1.71. The Labute approximate surface area is 206 Å². The van der Waals surface area contributed by atoms with Crippen molar-refractivity contribution in [3.8, 4) is 11.1 Å². The second-order valence-corrected chi connectivity index (χ2v) is 9.74. The number of aliphatic carboxylic acids is 1. The number of ether oxygens (including phenoxy) is 1. The van der Waals surface area contributed by atoms with Crippen LogP contribution in [0.4, 0.5) is 4.79 Å². The number of nitrogens with one attached hydrogen (secondary N) is 2. The summed E-state index contributed by atoms with van der Waals surface area (Å²) < 4.78 is 5.65. The van der Waals surface area contributed by atoms with Crippen LogP contribution in [0.2, 0.25) is 0 Å². The maximum atomic E-state index is 13.1. The summed E-state index contributed by atoms with van der Waals surface area (Å²) in [7, 11) is 0. The van der Waals surface area contributed by atoms with Gasteiger partial charge in [0.1, 0.15) is 12.6 Å². The van der Waals surface area contributed by atoms with Crippen LogP contribution < -0.4 is 10.6 Å². The van der Waals surface area contributed by atoms with Gasteiger partial charge in [0.2, 0.25) is 5.91 Å². The third-order valence-corrected chi connectivity index (χ3v) is 7.48. The molecule has 1 fully saturated rings. The van der Waals surface area contributed by atoms with Gasteiger partial charge in [0.15, 0.2) is 0 Å². The topological polar surface area (TPSA) is 105 Å². The molecule has 0 aliphatic heterocycles. The highest BCUT2D eigenvalue weighted by Gasteiger charge is 2.33. The summed E-state index contributed by atoms with van der Waals surface area (Å²) in [6.07, 6.45) is 2.63. The molecule has 4 atom stereocenters. The Morgan fingerprint density at radius 2 is 1.66 bits per heavy atom. The molecule has 2 aliphatic carbocycles. The van der Waals surface area contributed by atoms with E-state index in [2.05, 4.69) is 34.9 Å². The first-order chi connectivity index (χ1) is 16.9. The Hall–Kier alpha value is -3.35. The van der Waals surface area contributed by atoms with E-state index in [1.165, 1.54) is 0 Å². The summed E-state index contributed by atoms with van der Waals surface area (Å²) in [6, 6.07) is 15.3. The molecule has 7 heteroatoms. The number of benzene rings is 2. The SMILES string of the molecule is CC[C@H](C)[C@H](NC(=O)OCC1c2ccccc2-c2ccccc21)C(=O)N[C@@H]1CCC[C@@H](C(=O)O)C1. The lowest BCUT2D eigenvalue weighted by Gasteiger charge is -2.30. The minimum atomic E-state index is -0.820. The molecule has 0 radical (unpaired) electrons. The van der Waals surface area contributed by atoms with Gasteiger partial charge in [-0.25, -0.2) is 4.79 Å². The second kappa shape index (κ2) is 10.9. The van der Waals surface area contributed by atoms with Crippen molar-refractivity contribution in [2.75, 3.05) is 6.61 Å². The van der Waals surface area contributed by atoms with Gasteiger partial charge in [-0.1, -0.05) is 75.2 Å². The number of carbonyl (C=O) groups is 3. The number of rotatable bonds is 8. The first-order valence-electron chi connectivity index (χ1n) is 12.5. The van der Waals surface area contributed by atoms with Crippen LogP contribution in [0.5, 0.6) is 0 Å². The zero-order valence-electron chi connectivity index (χ0n) is 20.3. The molecule has 7 nitrogen and oxygen atoms in total. The molecule has 2 aliphatic rings. The molecule has 0 heterocycles. The maximum Gasteiger partial charge on any atom is 0.407 e. The zero-order chi connectivity index (χ0) is 24.9. The largest absolute Gasteiger partial charge is 0.481 e. The van der Waals surface area contributed by atoms with Gasteiger partial charge in [-0.3, -0.25) is 9.59 Å². The van der Waals surface area contributed by atoms with Crippen molar-refractivity contribution in [2.45, 2.75) is 64.0 Å². The Balaban J connectivity index is 1.39. The molecular weight excluding hydrogens is 444 g/mol. The summed E-state index contributed by atoms with van der Waals surface area (Å²) in [5, 5.41) is 15.1. The van der Waals surface area contributed by atoms with Gasteiger partial charge in [0.25, 0.3) is 0 Å². The summed E-state index contributed by atoms with van der Waals surface area (Å²) >= 11 is 0. The first kappa shape index (κ1) is 24.8. The third kappa shape index (κ3) is 5.50. The van der Waals surface area contributed by atoms with Crippen molar-refractivity contribution in [1.29, 1.82) is 0 Å². The molecule has 35 heavy (non-hydrogen) atoms. The van der Waals surface area contributed by atoms with Crippen LogP contribution in [0.3, 0.4) is 0 Å². The van der Waals surface area contributed by atoms with Gasteiger partial charge < -0.3 is 20.5 Å². The van der Waals surface area contributed by atoms with Crippen molar-refractivity contribution in [2.24, 2.45) is 11.8 Å². The fourth-order valence-electron chi connectivity index (χ4n) is 5.31.